The van der Waals surface area contributed by atoms with Gasteiger partial charge in [0.1, 0.15) is 23.9 Å². The molecule has 0 saturated carbocycles. The Kier molecular flexibility index (Phi) is 5.42. The van der Waals surface area contributed by atoms with E-state index in [0.29, 0.717) is 32.8 Å². The summed E-state index contributed by atoms with van der Waals surface area (Å²) in [7, 11) is 0. The van der Waals surface area contributed by atoms with Crippen molar-refractivity contribution in [2.45, 2.75) is 33.2 Å². The van der Waals surface area contributed by atoms with E-state index in [2.05, 4.69) is 12.1 Å². The van der Waals surface area contributed by atoms with Crippen LogP contribution in [-0.2, 0) is 24.2 Å². The molecule has 2 aliphatic heterocycles. The first-order valence-electron chi connectivity index (χ1n) is 10.1. The van der Waals surface area contributed by atoms with Crippen molar-refractivity contribution < 1.29 is 19.0 Å². The normalized spacial score (nSPS) is 17.9. The number of carbonyl (C=O) groups excluding carboxylic acids is 1. The number of amides is 1. The molecule has 0 bridgehead atoms. The predicted octanol–water partition coefficient (Wildman–Crippen LogP) is 3.62. The second kappa shape index (κ2) is 8.13. The van der Waals surface area contributed by atoms with E-state index in [4.69, 9.17) is 14.2 Å². The highest BCUT2D eigenvalue weighted by atomic mass is 16.5. The minimum Gasteiger partial charge on any atom is -0.494 e. The standard InChI is InChI=1S/C23H27NO4/c1-3-26-20-6-5-16-9-10-24(14-18(16)13-20)23(25)19-11-17-12-21(27-4-2)7-8-22(17)28-15-19/h5-8,12-13,19H,3-4,9-11,14-15H2,1-2H3. The topological polar surface area (TPSA) is 48.0 Å². The molecule has 5 heteroatoms. The average molecular weight is 381 g/mol. The largest absolute Gasteiger partial charge is 0.494 e. The van der Waals surface area contributed by atoms with E-state index < -0.39 is 0 Å². The van der Waals surface area contributed by atoms with Crippen LogP contribution < -0.4 is 14.2 Å². The highest BCUT2D eigenvalue weighted by Crippen LogP contribution is 2.32. The molecule has 0 saturated heterocycles. The van der Waals surface area contributed by atoms with Crippen LogP contribution in [0.15, 0.2) is 36.4 Å². The Bertz CT molecular complexity index is 794. The van der Waals surface area contributed by atoms with Crippen LogP contribution in [0, 0.1) is 5.92 Å². The zero-order valence-electron chi connectivity index (χ0n) is 16.6. The van der Waals surface area contributed by atoms with Crippen molar-refractivity contribution in [3.05, 3.63) is 53.1 Å². The molecular weight excluding hydrogens is 354 g/mol. The summed E-state index contributed by atoms with van der Waals surface area (Å²) in [5, 5.41) is 0. The monoisotopic (exact) mass is 381 g/mol. The summed E-state index contributed by atoms with van der Waals surface area (Å²) < 4.78 is 17.1. The van der Waals surface area contributed by atoms with Gasteiger partial charge in [-0.1, -0.05) is 6.07 Å². The highest BCUT2D eigenvalue weighted by Gasteiger charge is 2.31. The fraction of sp³-hybridized carbons (Fsp3) is 0.435. The van der Waals surface area contributed by atoms with Crippen LogP contribution in [-0.4, -0.2) is 37.2 Å². The molecule has 148 valence electrons. The van der Waals surface area contributed by atoms with E-state index in [1.165, 1.54) is 11.1 Å². The molecule has 2 aliphatic rings. The number of nitrogens with zero attached hydrogens (tertiary/aromatic N) is 1. The van der Waals surface area contributed by atoms with Gasteiger partial charge in [-0.15, -0.1) is 0 Å². The fourth-order valence-corrected chi connectivity index (χ4v) is 4.02. The molecule has 28 heavy (non-hydrogen) atoms. The molecule has 4 rings (SSSR count). The van der Waals surface area contributed by atoms with Crippen LogP contribution in [0.5, 0.6) is 17.2 Å². The lowest BCUT2D eigenvalue weighted by atomic mass is 9.93. The van der Waals surface area contributed by atoms with Gasteiger partial charge >= 0.3 is 0 Å². The first-order valence-corrected chi connectivity index (χ1v) is 10.1. The smallest absolute Gasteiger partial charge is 0.229 e. The number of hydrogen-bond acceptors (Lipinski definition) is 4. The van der Waals surface area contributed by atoms with Crippen LogP contribution in [0.2, 0.25) is 0 Å². The molecule has 1 amide bonds. The molecule has 2 aromatic rings. The number of hydrogen-bond donors (Lipinski definition) is 0. The van der Waals surface area contributed by atoms with Crippen LogP contribution in [0.1, 0.15) is 30.5 Å². The molecule has 2 aromatic carbocycles. The molecule has 1 atom stereocenters. The molecule has 1 unspecified atom stereocenters. The maximum atomic E-state index is 13.2. The van der Waals surface area contributed by atoms with Gasteiger partial charge in [0.05, 0.1) is 19.1 Å². The summed E-state index contributed by atoms with van der Waals surface area (Å²) in [4.78, 5) is 15.1. The van der Waals surface area contributed by atoms with Gasteiger partial charge in [0.2, 0.25) is 5.91 Å². The number of ether oxygens (including phenoxy) is 3. The summed E-state index contributed by atoms with van der Waals surface area (Å²) in [6.07, 6.45) is 1.57. The second-order valence-electron chi connectivity index (χ2n) is 7.29. The van der Waals surface area contributed by atoms with Gasteiger partial charge in [0, 0.05) is 13.1 Å². The zero-order chi connectivity index (χ0) is 19.5. The minimum absolute atomic E-state index is 0.152. The van der Waals surface area contributed by atoms with Crippen LogP contribution in [0.3, 0.4) is 0 Å². The first-order chi connectivity index (χ1) is 13.7. The third-order valence-corrected chi connectivity index (χ3v) is 5.41. The van der Waals surface area contributed by atoms with Gasteiger partial charge in [0.25, 0.3) is 0 Å². The van der Waals surface area contributed by atoms with E-state index in [1.807, 2.05) is 43.0 Å². The highest BCUT2D eigenvalue weighted by molar-refractivity contribution is 5.80. The molecule has 0 fully saturated rings. The number of rotatable bonds is 5. The van der Waals surface area contributed by atoms with Gasteiger partial charge in [-0.3, -0.25) is 4.79 Å². The van der Waals surface area contributed by atoms with Crippen molar-refractivity contribution in [3.63, 3.8) is 0 Å². The van der Waals surface area contributed by atoms with Gasteiger partial charge in [-0.25, -0.2) is 0 Å². The van der Waals surface area contributed by atoms with Crippen molar-refractivity contribution in [2.75, 3.05) is 26.4 Å². The van der Waals surface area contributed by atoms with E-state index in [-0.39, 0.29) is 11.8 Å². The Morgan fingerprint density at radius 3 is 2.50 bits per heavy atom. The van der Waals surface area contributed by atoms with Gasteiger partial charge in [0.15, 0.2) is 0 Å². The molecule has 0 N–H and O–H groups in total. The predicted molar refractivity (Wildman–Crippen MR) is 107 cm³/mol. The van der Waals surface area contributed by atoms with Crippen LogP contribution in [0.25, 0.3) is 0 Å². The number of fused-ring (bicyclic) bond motifs is 2. The Balaban J connectivity index is 1.46. The zero-order valence-corrected chi connectivity index (χ0v) is 16.6. The fourth-order valence-electron chi connectivity index (χ4n) is 4.02. The van der Waals surface area contributed by atoms with Crippen molar-refractivity contribution >= 4 is 5.91 Å². The van der Waals surface area contributed by atoms with Crippen molar-refractivity contribution in [3.8, 4) is 17.2 Å². The third kappa shape index (κ3) is 3.79. The first kappa shape index (κ1) is 18.7. The van der Waals surface area contributed by atoms with Gasteiger partial charge < -0.3 is 19.1 Å². The summed E-state index contributed by atoms with van der Waals surface area (Å²) in [6, 6.07) is 12.1. The Morgan fingerprint density at radius 2 is 1.75 bits per heavy atom. The van der Waals surface area contributed by atoms with E-state index >= 15 is 0 Å². The molecular formula is C23H27NO4. The van der Waals surface area contributed by atoms with Gasteiger partial charge in [-0.05, 0) is 73.7 Å². The third-order valence-electron chi connectivity index (χ3n) is 5.41. The number of benzene rings is 2. The molecule has 5 nitrogen and oxygen atoms in total. The Hall–Kier alpha value is -2.69. The van der Waals surface area contributed by atoms with E-state index in [9.17, 15) is 4.79 Å². The lowest BCUT2D eigenvalue weighted by Gasteiger charge is -2.33. The van der Waals surface area contributed by atoms with Crippen molar-refractivity contribution in [1.29, 1.82) is 0 Å². The van der Waals surface area contributed by atoms with Crippen LogP contribution >= 0.6 is 0 Å². The average Bonchev–Trinajstić information content (AvgIpc) is 2.72. The van der Waals surface area contributed by atoms with Crippen LogP contribution in [0.4, 0.5) is 0 Å². The molecule has 2 heterocycles. The Morgan fingerprint density at radius 1 is 1.04 bits per heavy atom. The maximum Gasteiger partial charge on any atom is 0.229 e. The molecule has 0 radical (unpaired) electrons. The van der Waals surface area contributed by atoms with Crippen molar-refractivity contribution in [1.82, 2.24) is 4.90 Å². The quantitative estimate of drug-likeness (QED) is 0.794. The Labute approximate surface area is 166 Å². The second-order valence-corrected chi connectivity index (χ2v) is 7.29. The van der Waals surface area contributed by atoms with E-state index in [1.54, 1.807) is 0 Å². The number of carbonyl (C=O) groups is 1. The molecule has 0 aromatic heterocycles. The summed E-state index contributed by atoms with van der Waals surface area (Å²) in [5.41, 5.74) is 3.53. The summed E-state index contributed by atoms with van der Waals surface area (Å²) >= 11 is 0. The summed E-state index contributed by atoms with van der Waals surface area (Å²) in [5.74, 6) is 2.57. The SMILES string of the molecule is CCOc1ccc2c(c1)CN(C(=O)C1COc3ccc(OCC)cc3C1)CC2. The maximum absolute atomic E-state index is 13.2. The summed E-state index contributed by atoms with van der Waals surface area (Å²) in [6.45, 7) is 7.03. The molecule has 0 spiro atoms. The van der Waals surface area contributed by atoms with Gasteiger partial charge in [-0.2, -0.15) is 0 Å². The lowest BCUT2D eigenvalue weighted by molar-refractivity contribution is -0.137. The van der Waals surface area contributed by atoms with E-state index in [0.717, 1.165) is 35.8 Å². The minimum atomic E-state index is -0.152. The lowest BCUT2D eigenvalue weighted by Crippen LogP contribution is -2.43. The van der Waals surface area contributed by atoms with Crippen molar-refractivity contribution in [2.24, 2.45) is 5.92 Å². The molecule has 0 aliphatic carbocycles.